The Morgan fingerprint density at radius 2 is 1.94 bits per heavy atom. The zero-order valence-electron chi connectivity index (χ0n) is 10.4. The van der Waals surface area contributed by atoms with Crippen LogP contribution in [0.2, 0.25) is 0 Å². The molecule has 0 heterocycles. The van der Waals surface area contributed by atoms with Crippen molar-refractivity contribution in [3.05, 3.63) is 71.3 Å². The van der Waals surface area contributed by atoms with E-state index in [-0.39, 0.29) is 5.41 Å². The number of fused-ring (bicyclic) bond motifs is 1. The summed E-state index contributed by atoms with van der Waals surface area (Å²) in [7, 11) is 0. The standard InChI is InChI=1S/C17H17/c1-17(2,14-8-4-5-9-14)16-12-11-13-7-3-6-10-15(13)16/h3-12,16H,1-2H3/q-1. The van der Waals surface area contributed by atoms with Crippen LogP contribution in [0.3, 0.4) is 0 Å². The fourth-order valence-corrected chi connectivity index (χ4v) is 2.86. The van der Waals surface area contributed by atoms with E-state index >= 15 is 0 Å². The van der Waals surface area contributed by atoms with Gasteiger partial charge in [0.05, 0.1) is 0 Å². The lowest BCUT2D eigenvalue weighted by Gasteiger charge is -2.36. The van der Waals surface area contributed by atoms with E-state index in [0.29, 0.717) is 5.92 Å². The van der Waals surface area contributed by atoms with Gasteiger partial charge in [-0.1, -0.05) is 55.7 Å². The maximum atomic E-state index is 2.34. The summed E-state index contributed by atoms with van der Waals surface area (Å²) in [6.07, 6.45) is 4.60. The molecule has 1 aliphatic carbocycles. The van der Waals surface area contributed by atoms with E-state index < -0.39 is 0 Å². The topological polar surface area (TPSA) is 0 Å². The van der Waals surface area contributed by atoms with Crippen LogP contribution in [0.25, 0.3) is 6.08 Å². The lowest BCUT2D eigenvalue weighted by molar-refractivity contribution is 0.475. The highest BCUT2D eigenvalue weighted by Gasteiger charge is 2.30. The molecule has 0 radical (unpaired) electrons. The van der Waals surface area contributed by atoms with E-state index in [1.807, 2.05) is 0 Å². The minimum Gasteiger partial charge on any atom is -0.210 e. The molecule has 0 nitrogen and oxygen atoms in total. The molecular formula is C17H17-. The van der Waals surface area contributed by atoms with Crippen LogP contribution < -0.4 is 0 Å². The molecule has 0 N–H and O–H groups in total. The summed E-state index contributed by atoms with van der Waals surface area (Å²) >= 11 is 0. The minimum atomic E-state index is 0.159. The van der Waals surface area contributed by atoms with Gasteiger partial charge in [-0.15, -0.1) is 0 Å². The average Bonchev–Trinajstić information content (AvgIpc) is 2.99. The van der Waals surface area contributed by atoms with Crippen molar-refractivity contribution in [2.45, 2.75) is 25.2 Å². The summed E-state index contributed by atoms with van der Waals surface area (Å²) in [4.78, 5) is 0. The lowest BCUT2D eigenvalue weighted by Crippen LogP contribution is -2.24. The lowest BCUT2D eigenvalue weighted by atomic mass is 9.72. The van der Waals surface area contributed by atoms with E-state index in [1.54, 1.807) is 0 Å². The fraction of sp³-hybridized carbons (Fsp3) is 0.235. The van der Waals surface area contributed by atoms with Crippen LogP contribution in [-0.2, 0) is 5.41 Å². The van der Waals surface area contributed by atoms with Gasteiger partial charge in [0.25, 0.3) is 0 Å². The van der Waals surface area contributed by atoms with Crippen LogP contribution in [0.15, 0.2) is 54.6 Å². The molecule has 0 saturated heterocycles. The van der Waals surface area contributed by atoms with Gasteiger partial charge in [-0.05, 0) is 11.1 Å². The first kappa shape index (κ1) is 10.5. The summed E-state index contributed by atoms with van der Waals surface area (Å²) in [5, 5.41) is 0. The highest BCUT2D eigenvalue weighted by molar-refractivity contribution is 5.64. The van der Waals surface area contributed by atoms with E-state index in [4.69, 9.17) is 0 Å². The van der Waals surface area contributed by atoms with Crippen LogP contribution in [0.5, 0.6) is 0 Å². The third kappa shape index (κ3) is 1.56. The summed E-state index contributed by atoms with van der Waals surface area (Å²) < 4.78 is 0. The van der Waals surface area contributed by atoms with Crippen molar-refractivity contribution in [2.24, 2.45) is 0 Å². The van der Waals surface area contributed by atoms with Gasteiger partial charge in [0.15, 0.2) is 0 Å². The molecule has 0 amide bonds. The second-order valence-corrected chi connectivity index (χ2v) is 5.36. The predicted molar refractivity (Wildman–Crippen MR) is 73.3 cm³/mol. The Bertz CT molecular complexity index is 541. The Morgan fingerprint density at radius 1 is 1.12 bits per heavy atom. The van der Waals surface area contributed by atoms with Gasteiger partial charge in [0, 0.05) is 5.92 Å². The molecule has 0 bridgehead atoms. The Kier molecular flexibility index (Phi) is 2.25. The first-order valence-corrected chi connectivity index (χ1v) is 6.19. The van der Waals surface area contributed by atoms with Crippen molar-refractivity contribution in [3.63, 3.8) is 0 Å². The number of allylic oxidation sites excluding steroid dienone is 1. The normalized spacial score (nSPS) is 18.4. The summed E-state index contributed by atoms with van der Waals surface area (Å²) in [6, 6.07) is 17.4. The average molecular weight is 221 g/mol. The SMILES string of the molecule is CC(C)(c1cc[cH-]c1)C1C=Cc2ccccc21. The molecule has 86 valence electrons. The number of rotatable bonds is 2. The summed E-state index contributed by atoms with van der Waals surface area (Å²) in [5.74, 6) is 0.487. The quantitative estimate of drug-likeness (QED) is 0.655. The molecule has 0 spiro atoms. The largest absolute Gasteiger partial charge is 0.210 e. The van der Waals surface area contributed by atoms with Gasteiger partial charge < -0.3 is 0 Å². The van der Waals surface area contributed by atoms with Crippen molar-refractivity contribution >= 4 is 6.08 Å². The van der Waals surface area contributed by atoms with Gasteiger partial charge in [-0.3, -0.25) is 0 Å². The van der Waals surface area contributed by atoms with Gasteiger partial charge in [0.1, 0.15) is 0 Å². The van der Waals surface area contributed by atoms with Crippen molar-refractivity contribution in [2.75, 3.05) is 0 Å². The van der Waals surface area contributed by atoms with Crippen molar-refractivity contribution in [1.29, 1.82) is 0 Å². The predicted octanol–water partition coefficient (Wildman–Crippen LogP) is 4.49. The molecule has 0 fully saturated rings. The Morgan fingerprint density at radius 3 is 2.71 bits per heavy atom. The molecule has 0 aliphatic heterocycles. The van der Waals surface area contributed by atoms with Gasteiger partial charge >= 0.3 is 0 Å². The molecule has 1 unspecified atom stereocenters. The maximum absolute atomic E-state index is 2.34. The summed E-state index contributed by atoms with van der Waals surface area (Å²) in [6.45, 7) is 4.67. The second kappa shape index (κ2) is 3.66. The number of hydrogen-bond acceptors (Lipinski definition) is 0. The second-order valence-electron chi connectivity index (χ2n) is 5.36. The van der Waals surface area contributed by atoms with Gasteiger partial charge in [-0.2, -0.15) is 23.8 Å². The van der Waals surface area contributed by atoms with Gasteiger partial charge in [-0.25, -0.2) is 6.07 Å². The van der Waals surface area contributed by atoms with Crippen LogP contribution in [0, 0.1) is 0 Å². The molecule has 2 aromatic rings. The third-order valence-corrected chi connectivity index (χ3v) is 3.98. The molecule has 3 rings (SSSR count). The Balaban J connectivity index is 2.05. The fourth-order valence-electron chi connectivity index (χ4n) is 2.86. The van der Waals surface area contributed by atoms with Crippen molar-refractivity contribution in [3.8, 4) is 0 Å². The highest BCUT2D eigenvalue weighted by atomic mass is 14.4. The maximum Gasteiger partial charge on any atom is 0.000474 e. The van der Waals surface area contributed by atoms with Crippen LogP contribution in [-0.4, -0.2) is 0 Å². The van der Waals surface area contributed by atoms with Crippen LogP contribution in [0.1, 0.15) is 36.5 Å². The first-order valence-electron chi connectivity index (χ1n) is 6.19. The zero-order valence-corrected chi connectivity index (χ0v) is 10.4. The van der Waals surface area contributed by atoms with Gasteiger partial charge in [0.2, 0.25) is 0 Å². The monoisotopic (exact) mass is 221 g/mol. The van der Waals surface area contributed by atoms with Crippen molar-refractivity contribution < 1.29 is 0 Å². The zero-order chi connectivity index (χ0) is 11.9. The third-order valence-electron chi connectivity index (χ3n) is 3.98. The number of hydrogen-bond donors (Lipinski definition) is 0. The highest BCUT2D eigenvalue weighted by Crippen LogP contribution is 2.44. The van der Waals surface area contributed by atoms with Crippen LogP contribution >= 0.6 is 0 Å². The van der Waals surface area contributed by atoms with E-state index in [2.05, 4.69) is 74.5 Å². The molecule has 0 saturated carbocycles. The first-order chi connectivity index (χ1) is 8.19. The Hall–Kier alpha value is -1.69. The van der Waals surface area contributed by atoms with E-state index in [1.165, 1.54) is 16.7 Å². The smallest absolute Gasteiger partial charge is 0.000474 e. The number of benzene rings is 1. The Labute approximate surface area is 103 Å². The van der Waals surface area contributed by atoms with E-state index in [9.17, 15) is 0 Å². The molecular weight excluding hydrogens is 204 g/mol. The molecule has 17 heavy (non-hydrogen) atoms. The molecule has 2 aromatic carbocycles. The molecule has 1 aliphatic rings. The minimum absolute atomic E-state index is 0.159. The van der Waals surface area contributed by atoms with E-state index in [0.717, 1.165) is 0 Å². The molecule has 0 heteroatoms. The summed E-state index contributed by atoms with van der Waals surface area (Å²) in [5.41, 5.74) is 4.41. The van der Waals surface area contributed by atoms with Crippen molar-refractivity contribution in [1.82, 2.24) is 0 Å². The van der Waals surface area contributed by atoms with Crippen LogP contribution in [0.4, 0.5) is 0 Å². The molecule has 1 atom stereocenters. The molecule has 0 aromatic heterocycles.